The van der Waals surface area contributed by atoms with Crippen LogP contribution in [0.2, 0.25) is 0 Å². The highest BCUT2D eigenvalue weighted by molar-refractivity contribution is 9.10. The number of halogens is 3. The van der Waals surface area contributed by atoms with E-state index in [0.717, 1.165) is 12.1 Å². The maximum Gasteiger partial charge on any atom is 0.269 e. The summed E-state index contributed by atoms with van der Waals surface area (Å²) in [6.45, 7) is 3.50. The number of benzene rings is 1. The number of hydrogen-bond acceptors (Lipinski definition) is 6. The van der Waals surface area contributed by atoms with E-state index in [2.05, 4.69) is 31.2 Å². The molecule has 0 radical (unpaired) electrons. The third-order valence-electron chi connectivity index (χ3n) is 4.75. The zero-order valence-electron chi connectivity index (χ0n) is 17.9. The maximum absolute atomic E-state index is 13.8. The number of nitrogens with two attached hydrogens (primary N) is 1. The predicted molar refractivity (Wildman–Crippen MR) is 120 cm³/mol. The fourth-order valence-electron chi connectivity index (χ4n) is 2.87. The van der Waals surface area contributed by atoms with Crippen molar-refractivity contribution in [1.29, 1.82) is 0 Å². The fraction of sp³-hybridized carbons (Fsp3) is 0.273. The first-order chi connectivity index (χ1) is 15.7. The van der Waals surface area contributed by atoms with Crippen molar-refractivity contribution < 1.29 is 18.3 Å². The average Bonchev–Trinajstić information content (AvgIpc) is 2.78. The highest BCUT2D eigenvalue weighted by Crippen LogP contribution is 2.24. The zero-order chi connectivity index (χ0) is 24.1. The van der Waals surface area contributed by atoms with Gasteiger partial charge in [0.25, 0.3) is 5.56 Å². The molecule has 174 valence electrons. The van der Waals surface area contributed by atoms with Crippen molar-refractivity contribution in [3.05, 3.63) is 85.8 Å². The van der Waals surface area contributed by atoms with Crippen LogP contribution in [-0.2, 0) is 24.5 Å². The number of aryl methyl sites for hydroxylation is 1. The van der Waals surface area contributed by atoms with Gasteiger partial charge in [0.05, 0.1) is 42.9 Å². The third kappa shape index (κ3) is 6.20. The van der Waals surface area contributed by atoms with Crippen LogP contribution >= 0.6 is 15.9 Å². The molecule has 11 heteroatoms. The Hall–Kier alpha value is -3.18. The minimum Gasteiger partial charge on any atom is -0.487 e. The van der Waals surface area contributed by atoms with Gasteiger partial charge in [-0.1, -0.05) is 0 Å². The molecule has 33 heavy (non-hydrogen) atoms. The molecule has 0 saturated heterocycles. The second kappa shape index (κ2) is 10.6. The first-order valence-electron chi connectivity index (χ1n) is 9.95. The summed E-state index contributed by atoms with van der Waals surface area (Å²) in [5, 5.41) is 2.65. The molecule has 2 heterocycles. The Labute approximate surface area is 196 Å². The number of rotatable bonds is 8. The zero-order valence-corrected chi connectivity index (χ0v) is 19.5. The molecule has 3 N–H and O–H groups in total. The molecule has 0 unspecified atom stereocenters. The summed E-state index contributed by atoms with van der Waals surface area (Å²) in [6.07, 6.45) is 3.04. The van der Waals surface area contributed by atoms with Crippen LogP contribution in [0.3, 0.4) is 0 Å². The first kappa shape index (κ1) is 24.5. The molecule has 0 aliphatic carbocycles. The van der Waals surface area contributed by atoms with Gasteiger partial charge in [0.15, 0.2) is 0 Å². The van der Waals surface area contributed by atoms with Crippen LogP contribution in [0.1, 0.15) is 29.6 Å². The second-order valence-corrected chi connectivity index (χ2v) is 8.18. The highest BCUT2D eigenvalue weighted by Gasteiger charge is 2.14. The van der Waals surface area contributed by atoms with E-state index in [9.17, 15) is 18.4 Å². The van der Waals surface area contributed by atoms with Crippen molar-refractivity contribution in [2.75, 3.05) is 0 Å². The molecule has 0 aliphatic heterocycles. The van der Waals surface area contributed by atoms with Crippen molar-refractivity contribution in [3.8, 4) is 5.75 Å². The Morgan fingerprint density at radius 2 is 1.94 bits per heavy atom. The molecule has 0 aliphatic rings. The van der Waals surface area contributed by atoms with E-state index in [1.807, 2.05) is 0 Å². The number of nitrogens with one attached hydrogen (secondary N) is 1. The molecule has 0 saturated carbocycles. The lowest BCUT2D eigenvalue weighted by Gasteiger charge is -2.14. The summed E-state index contributed by atoms with van der Waals surface area (Å²) in [5.41, 5.74) is 6.98. The fourth-order valence-corrected chi connectivity index (χ4v) is 3.31. The number of carbonyl (C=O) groups excluding carboxylic acids is 1. The first-order valence-corrected chi connectivity index (χ1v) is 10.7. The molecule has 2 aromatic heterocycles. The van der Waals surface area contributed by atoms with Gasteiger partial charge < -0.3 is 20.4 Å². The molecular formula is C22H22BrF2N5O3. The van der Waals surface area contributed by atoms with Gasteiger partial charge in [-0.05, 0) is 41.9 Å². The molecule has 0 spiro atoms. The van der Waals surface area contributed by atoms with Gasteiger partial charge in [0, 0.05) is 23.4 Å². The highest BCUT2D eigenvalue weighted by atomic mass is 79.9. The van der Waals surface area contributed by atoms with Crippen molar-refractivity contribution >= 4 is 21.8 Å². The molecule has 0 fully saturated rings. The predicted octanol–water partition coefficient (Wildman–Crippen LogP) is 2.58. The topological polar surface area (TPSA) is 112 Å². The smallest absolute Gasteiger partial charge is 0.269 e. The number of aromatic nitrogens is 3. The second-order valence-electron chi connectivity index (χ2n) is 7.39. The van der Waals surface area contributed by atoms with Crippen molar-refractivity contribution in [3.63, 3.8) is 0 Å². The van der Waals surface area contributed by atoms with Crippen LogP contribution in [0.15, 0.2) is 45.9 Å². The van der Waals surface area contributed by atoms with Crippen LogP contribution in [-0.4, -0.2) is 26.5 Å². The van der Waals surface area contributed by atoms with E-state index in [-0.39, 0.29) is 46.9 Å². The van der Waals surface area contributed by atoms with E-state index in [1.165, 1.54) is 23.0 Å². The van der Waals surface area contributed by atoms with E-state index in [1.54, 1.807) is 19.9 Å². The van der Waals surface area contributed by atoms with Gasteiger partial charge in [-0.25, -0.2) is 8.78 Å². The van der Waals surface area contributed by atoms with Crippen LogP contribution in [0.25, 0.3) is 0 Å². The quantitative estimate of drug-likeness (QED) is 0.471. The maximum atomic E-state index is 13.8. The van der Waals surface area contributed by atoms with Gasteiger partial charge in [-0.15, -0.1) is 0 Å². The summed E-state index contributed by atoms with van der Waals surface area (Å²) >= 11 is 3.24. The van der Waals surface area contributed by atoms with Crippen LogP contribution in [0, 0.1) is 18.6 Å². The van der Waals surface area contributed by atoms with E-state index in [0.29, 0.717) is 17.1 Å². The van der Waals surface area contributed by atoms with Crippen LogP contribution in [0.5, 0.6) is 5.75 Å². The number of nitrogens with zero attached hydrogens (tertiary/aromatic N) is 3. The molecule has 3 aromatic rings. The van der Waals surface area contributed by atoms with Crippen molar-refractivity contribution in [1.82, 2.24) is 19.9 Å². The molecule has 8 nitrogen and oxygen atoms in total. The Kier molecular flexibility index (Phi) is 7.88. The molecule has 1 aromatic carbocycles. The minimum absolute atomic E-state index is 0.162. The van der Waals surface area contributed by atoms with Crippen LogP contribution < -0.4 is 21.3 Å². The lowest BCUT2D eigenvalue weighted by Crippen LogP contribution is -2.38. The van der Waals surface area contributed by atoms with Gasteiger partial charge in [-0.3, -0.25) is 19.6 Å². The van der Waals surface area contributed by atoms with Crippen LogP contribution in [0.4, 0.5) is 8.78 Å². The Balaban J connectivity index is 1.71. The van der Waals surface area contributed by atoms with Gasteiger partial charge in [0.1, 0.15) is 28.5 Å². The van der Waals surface area contributed by atoms with E-state index in [4.69, 9.17) is 10.5 Å². The summed E-state index contributed by atoms with van der Waals surface area (Å²) in [6, 6.07) is 4.22. The lowest BCUT2D eigenvalue weighted by atomic mass is 10.2. The molecule has 1 amide bonds. The number of carbonyl (C=O) groups is 1. The van der Waals surface area contributed by atoms with Crippen molar-refractivity contribution in [2.45, 2.75) is 39.6 Å². The number of amides is 1. The molecule has 1 atom stereocenters. The van der Waals surface area contributed by atoms with Gasteiger partial charge in [0.2, 0.25) is 5.91 Å². The van der Waals surface area contributed by atoms with E-state index < -0.39 is 17.7 Å². The Bertz CT molecular complexity index is 1220. The number of hydrogen-bond donors (Lipinski definition) is 2. The number of pyridine rings is 1. The summed E-state index contributed by atoms with van der Waals surface area (Å²) in [4.78, 5) is 32.9. The standard InChI is InChI=1S/C22H22BrF2N5O3/c1-12-5-19(33-11-14-3-4-15(24)6-18(14)25)20(23)22(32)30(12)10-17-9-27-16(7-28-17)8-29-21(31)13(2)26/h3-7,9,13H,8,10-11,26H2,1-2H3,(H,29,31)/t13-/m0/s1. The summed E-state index contributed by atoms with van der Waals surface area (Å²) < 4.78 is 34.1. The largest absolute Gasteiger partial charge is 0.487 e. The SMILES string of the molecule is Cc1cc(OCc2ccc(F)cc2F)c(Br)c(=O)n1Cc1cnc(CNC(=O)[C@H](C)N)cn1. The normalized spacial score (nSPS) is 11.8. The molecule has 3 rings (SSSR count). The van der Waals surface area contributed by atoms with E-state index >= 15 is 0 Å². The average molecular weight is 522 g/mol. The molecular weight excluding hydrogens is 500 g/mol. The Morgan fingerprint density at radius 1 is 1.24 bits per heavy atom. The Morgan fingerprint density at radius 3 is 2.58 bits per heavy atom. The minimum atomic E-state index is -0.727. The van der Waals surface area contributed by atoms with Crippen molar-refractivity contribution in [2.24, 2.45) is 5.73 Å². The lowest BCUT2D eigenvalue weighted by molar-refractivity contribution is -0.122. The summed E-state index contributed by atoms with van der Waals surface area (Å²) in [7, 11) is 0. The third-order valence-corrected chi connectivity index (χ3v) is 5.48. The van der Waals surface area contributed by atoms with Gasteiger partial charge in [-0.2, -0.15) is 0 Å². The molecule has 0 bridgehead atoms. The summed E-state index contributed by atoms with van der Waals surface area (Å²) in [5.74, 6) is -1.46. The number of ether oxygens (including phenoxy) is 1. The van der Waals surface area contributed by atoms with Gasteiger partial charge >= 0.3 is 0 Å². The monoisotopic (exact) mass is 521 g/mol.